The predicted molar refractivity (Wildman–Crippen MR) is 89.7 cm³/mol. The molecule has 0 amide bonds. The van der Waals surface area contributed by atoms with Crippen molar-refractivity contribution in [2.75, 3.05) is 6.54 Å². The van der Waals surface area contributed by atoms with Crippen molar-refractivity contribution >= 4 is 5.70 Å². The minimum Gasteiger partial charge on any atom is -0.322 e. The molecule has 1 aromatic heterocycles. The Morgan fingerprint density at radius 3 is 2.62 bits per heavy atom. The molecule has 0 aliphatic heterocycles. The van der Waals surface area contributed by atoms with Gasteiger partial charge in [-0.1, -0.05) is 38.0 Å². The van der Waals surface area contributed by atoms with Gasteiger partial charge in [0.25, 0.3) is 0 Å². The van der Waals surface area contributed by atoms with Gasteiger partial charge in [0.15, 0.2) is 11.9 Å². The van der Waals surface area contributed by atoms with E-state index in [0.29, 0.717) is 6.54 Å². The van der Waals surface area contributed by atoms with E-state index < -0.39 is 0 Å². The molecule has 2 aromatic rings. The highest BCUT2D eigenvalue weighted by atomic mass is 15.0. The lowest BCUT2D eigenvalue weighted by molar-refractivity contribution is -0.569. The van der Waals surface area contributed by atoms with Crippen molar-refractivity contribution in [1.82, 2.24) is 0 Å². The molecule has 110 valence electrons. The number of benzene rings is 1. The van der Waals surface area contributed by atoms with Gasteiger partial charge in [-0.25, -0.2) is 0 Å². The summed E-state index contributed by atoms with van der Waals surface area (Å²) in [5, 5.41) is 0. The first-order valence-corrected chi connectivity index (χ1v) is 7.75. The summed E-state index contributed by atoms with van der Waals surface area (Å²) in [6.07, 6.45) is 6.91. The maximum absolute atomic E-state index is 5.77. The van der Waals surface area contributed by atoms with Gasteiger partial charge in [0.2, 0.25) is 5.69 Å². The van der Waals surface area contributed by atoms with E-state index >= 15 is 0 Å². The number of pyridine rings is 1. The van der Waals surface area contributed by atoms with Crippen LogP contribution >= 0.6 is 0 Å². The first-order chi connectivity index (χ1) is 10.3. The molecule has 2 heteroatoms. The van der Waals surface area contributed by atoms with E-state index in [4.69, 9.17) is 5.73 Å². The average Bonchev–Trinajstić information content (AvgIpc) is 2.55. The molecule has 1 aromatic carbocycles. The second kappa shape index (κ2) is 7.75. The molecule has 0 radical (unpaired) electrons. The van der Waals surface area contributed by atoms with Gasteiger partial charge in [0, 0.05) is 17.7 Å². The first kappa shape index (κ1) is 15.5. The quantitative estimate of drug-likeness (QED) is 0.607. The highest BCUT2D eigenvalue weighted by Gasteiger charge is 2.17. The van der Waals surface area contributed by atoms with Crippen LogP contribution in [0.3, 0.4) is 0 Å². The van der Waals surface area contributed by atoms with Gasteiger partial charge >= 0.3 is 0 Å². The summed E-state index contributed by atoms with van der Waals surface area (Å²) < 4.78 is 2.10. The fraction of sp³-hybridized carbons (Fsp3) is 0.316. The van der Waals surface area contributed by atoms with Crippen molar-refractivity contribution in [3.63, 3.8) is 0 Å². The maximum atomic E-state index is 5.77. The summed E-state index contributed by atoms with van der Waals surface area (Å²) in [5.41, 5.74) is 10.5. The SMILES string of the molecule is C=C(CN)[n+]1ccccc1-c1ccccc1CCCCC. The van der Waals surface area contributed by atoms with Crippen LogP contribution in [0.15, 0.2) is 55.2 Å². The second-order valence-corrected chi connectivity index (χ2v) is 5.34. The van der Waals surface area contributed by atoms with Crippen molar-refractivity contribution in [1.29, 1.82) is 0 Å². The molecule has 21 heavy (non-hydrogen) atoms. The molecule has 0 spiro atoms. The number of nitrogens with zero attached hydrogens (tertiary/aromatic N) is 1. The summed E-state index contributed by atoms with van der Waals surface area (Å²) in [6.45, 7) is 6.77. The minimum absolute atomic E-state index is 0.458. The predicted octanol–water partition coefficient (Wildman–Crippen LogP) is 3.80. The summed E-state index contributed by atoms with van der Waals surface area (Å²) in [7, 11) is 0. The third kappa shape index (κ3) is 3.79. The molecule has 0 aliphatic rings. The van der Waals surface area contributed by atoms with Crippen molar-refractivity contribution in [3.05, 3.63) is 60.8 Å². The first-order valence-electron chi connectivity index (χ1n) is 7.75. The minimum atomic E-state index is 0.458. The summed E-state index contributed by atoms with van der Waals surface area (Å²) in [6, 6.07) is 14.9. The van der Waals surface area contributed by atoms with Gasteiger partial charge in [-0.15, -0.1) is 0 Å². The van der Waals surface area contributed by atoms with Gasteiger partial charge in [0.05, 0.1) is 6.54 Å². The second-order valence-electron chi connectivity index (χ2n) is 5.34. The Labute approximate surface area is 127 Å². The molecule has 2 rings (SSSR count). The van der Waals surface area contributed by atoms with E-state index in [0.717, 1.165) is 12.1 Å². The number of aryl methyl sites for hydroxylation is 1. The standard InChI is InChI=1S/C19H25N2/c1-3-4-5-10-17-11-6-7-12-18(17)19-13-8-9-14-21(19)16(2)15-20/h6-9,11-14H,2-5,10,15,20H2,1H3/q+1. The van der Waals surface area contributed by atoms with Crippen molar-refractivity contribution in [2.45, 2.75) is 32.6 Å². The molecule has 0 aliphatic carbocycles. The third-order valence-electron chi connectivity index (χ3n) is 3.78. The highest BCUT2D eigenvalue weighted by molar-refractivity contribution is 5.62. The number of hydrogen-bond acceptors (Lipinski definition) is 1. The molecule has 0 atom stereocenters. The zero-order valence-electron chi connectivity index (χ0n) is 12.9. The van der Waals surface area contributed by atoms with Crippen LogP contribution in [0, 0.1) is 0 Å². The Hall–Kier alpha value is -1.93. The third-order valence-corrected chi connectivity index (χ3v) is 3.78. The average molecular weight is 281 g/mol. The summed E-state index contributed by atoms with van der Waals surface area (Å²) in [4.78, 5) is 0. The maximum Gasteiger partial charge on any atom is 0.218 e. The van der Waals surface area contributed by atoms with Crippen LogP contribution in [0.2, 0.25) is 0 Å². The Morgan fingerprint density at radius 2 is 1.86 bits per heavy atom. The van der Waals surface area contributed by atoms with Gasteiger partial charge < -0.3 is 5.73 Å². The number of rotatable bonds is 7. The Kier molecular flexibility index (Phi) is 5.70. The fourth-order valence-corrected chi connectivity index (χ4v) is 2.59. The molecule has 0 bridgehead atoms. The van der Waals surface area contributed by atoms with Crippen LogP contribution in [0.5, 0.6) is 0 Å². The Morgan fingerprint density at radius 1 is 1.10 bits per heavy atom. The van der Waals surface area contributed by atoms with Gasteiger partial charge in [-0.3, -0.25) is 0 Å². The lowest BCUT2D eigenvalue weighted by Gasteiger charge is -2.09. The topological polar surface area (TPSA) is 29.9 Å². The largest absolute Gasteiger partial charge is 0.322 e. The van der Waals surface area contributed by atoms with Crippen LogP contribution in [0.4, 0.5) is 0 Å². The molecule has 0 saturated heterocycles. The molecule has 1 heterocycles. The smallest absolute Gasteiger partial charge is 0.218 e. The lowest BCUT2D eigenvalue weighted by Crippen LogP contribution is -2.37. The number of nitrogens with two attached hydrogens (primary N) is 1. The Balaban J connectivity index is 2.40. The van der Waals surface area contributed by atoms with E-state index in [1.807, 2.05) is 12.3 Å². The molecule has 2 N–H and O–H groups in total. The van der Waals surface area contributed by atoms with Gasteiger partial charge in [-0.2, -0.15) is 4.57 Å². The molecular formula is C19H25N2+. The van der Waals surface area contributed by atoms with Gasteiger partial charge in [0.1, 0.15) is 0 Å². The molecule has 2 nitrogen and oxygen atoms in total. The van der Waals surface area contributed by atoms with E-state index in [1.54, 1.807) is 0 Å². The zero-order chi connectivity index (χ0) is 15.1. The monoisotopic (exact) mass is 281 g/mol. The Bertz CT molecular complexity index is 602. The van der Waals surface area contributed by atoms with E-state index in [9.17, 15) is 0 Å². The molecule has 0 unspecified atom stereocenters. The molecular weight excluding hydrogens is 256 g/mol. The summed E-state index contributed by atoms with van der Waals surface area (Å²) in [5.74, 6) is 0. The van der Waals surface area contributed by atoms with Crippen molar-refractivity contribution in [3.8, 4) is 11.3 Å². The van der Waals surface area contributed by atoms with Crippen molar-refractivity contribution in [2.24, 2.45) is 5.73 Å². The summed E-state index contributed by atoms with van der Waals surface area (Å²) >= 11 is 0. The van der Waals surface area contributed by atoms with Gasteiger partial charge in [-0.05, 0) is 37.1 Å². The number of hydrogen-bond donors (Lipinski definition) is 1. The van der Waals surface area contributed by atoms with E-state index in [2.05, 4.69) is 54.5 Å². The van der Waals surface area contributed by atoms with Crippen LogP contribution in [-0.4, -0.2) is 6.54 Å². The van der Waals surface area contributed by atoms with Crippen LogP contribution < -0.4 is 10.3 Å². The van der Waals surface area contributed by atoms with Crippen LogP contribution in [0.1, 0.15) is 31.7 Å². The van der Waals surface area contributed by atoms with Crippen molar-refractivity contribution < 1.29 is 4.57 Å². The lowest BCUT2D eigenvalue weighted by atomic mass is 9.98. The zero-order valence-corrected chi connectivity index (χ0v) is 12.9. The normalized spacial score (nSPS) is 10.6. The fourth-order valence-electron chi connectivity index (χ4n) is 2.59. The van der Waals surface area contributed by atoms with E-state index in [-0.39, 0.29) is 0 Å². The molecule has 0 saturated carbocycles. The number of aromatic nitrogens is 1. The van der Waals surface area contributed by atoms with Crippen LogP contribution in [-0.2, 0) is 6.42 Å². The molecule has 0 fully saturated rings. The van der Waals surface area contributed by atoms with Crippen LogP contribution in [0.25, 0.3) is 17.0 Å². The highest BCUT2D eigenvalue weighted by Crippen LogP contribution is 2.23. The van der Waals surface area contributed by atoms with E-state index in [1.165, 1.54) is 36.1 Å². The number of unbranched alkanes of at least 4 members (excludes halogenated alkanes) is 2.